The van der Waals surface area contributed by atoms with Crippen molar-refractivity contribution in [2.45, 2.75) is 102 Å². The lowest BCUT2D eigenvalue weighted by atomic mass is 9.40. The van der Waals surface area contributed by atoms with Crippen molar-refractivity contribution >= 4 is 0 Å². The minimum absolute atomic E-state index is 0.151. The van der Waals surface area contributed by atoms with E-state index in [-0.39, 0.29) is 16.7 Å². The third kappa shape index (κ3) is 2.47. The highest BCUT2D eigenvalue weighted by atomic mass is 16.8. The first-order valence-electron chi connectivity index (χ1n) is 13.0. The topological polar surface area (TPSA) is 77.4 Å². The highest BCUT2D eigenvalue weighted by Crippen LogP contribution is 2.72. The molecule has 0 aromatic heterocycles. The molecule has 6 nitrogen and oxygen atoms in total. The molecule has 4 saturated carbocycles. The first-order valence-corrected chi connectivity index (χ1v) is 13.0. The highest BCUT2D eigenvalue weighted by Gasteiger charge is 2.73. The maximum Gasteiger partial charge on any atom is 0.195 e. The van der Waals surface area contributed by atoms with Crippen molar-refractivity contribution in [3.05, 3.63) is 0 Å². The Morgan fingerprint density at radius 3 is 2.00 bits per heavy atom. The Labute approximate surface area is 192 Å². The molecule has 8 atom stereocenters. The summed E-state index contributed by atoms with van der Waals surface area (Å²) in [7, 11) is 0. The van der Waals surface area contributed by atoms with Crippen LogP contribution in [0, 0.1) is 34.5 Å². The monoisotopic (exact) mass is 450 g/mol. The molecular weight excluding hydrogens is 408 g/mol. The van der Waals surface area contributed by atoms with Crippen molar-refractivity contribution in [3.8, 4) is 0 Å². The third-order valence-electron chi connectivity index (χ3n) is 11.8. The lowest BCUT2D eigenvalue weighted by Gasteiger charge is -2.67. The van der Waals surface area contributed by atoms with E-state index >= 15 is 0 Å². The van der Waals surface area contributed by atoms with Gasteiger partial charge in [0.05, 0.1) is 32.0 Å². The Morgan fingerprint density at radius 1 is 0.719 bits per heavy atom. The van der Waals surface area contributed by atoms with Gasteiger partial charge in [-0.05, 0) is 69.1 Å². The fourth-order valence-electron chi connectivity index (χ4n) is 9.88. The van der Waals surface area contributed by atoms with Gasteiger partial charge < -0.3 is 29.2 Å². The van der Waals surface area contributed by atoms with E-state index in [0.29, 0.717) is 50.6 Å². The Kier molecular flexibility index (Phi) is 4.66. The van der Waals surface area contributed by atoms with E-state index in [2.05, 4.69) is 20.8 Å². The SMILES string of the molecule is C[C@@H]1C[C@H]2[C@H]3CC[C@@](O)(C4(C)OCCO4)[C@@]3(C)CC[C@H]2[C@@]2(C)CCC3(C[C@@]12O)OCCO3. The van der Waals surface area contributed by atoms with Crippen molar-refractivity contribution < 1.29 is 29.2 Å². The summed E-state index contributed by atoms with van der Waals surface area (Å²) in [4.78, 5) is 0. The minimum atomic E-state index is -0.966. The van der Waals surface area contributed by atoms with Crippen LogP contribution in [0.1, 0.15) is 79.1 Å². The van der Waals surface area contributed by atoms with Crippen LogP contribution in [0.3, 0.4) is 0 Å². The van der Waals surface area contributed by atoms with Crippen LogP contribution >= 0.6 is 0 Å². The number of hydrogen-bond donors (Lipinski definition) is 2. The standard InChI is InChI=1S/C26H42O6/c1-17-15-18-19(21(2)9-10-24(16-25(17,21)27)31-13-14-32-24)5-7-22(3)20(18)6-8-26(22,28)23(4)29-11-12-30-23/h17-20,27-28H,5-16H2,1-4H3/t17-,18-,19-,20-,21-,22+,25-,26+/m1/s1. The molecule has 6 fully saturated rings. The fourth-order valence-corrected chi connectivity index (χ4v) is 9.88. The fraction of sp³-hybridized carbons (Fsp3) is 1.00. The van der Waals surface area contributed by atoms with Gasteiger partial charge in [0.1, 0.15) is 5.60 Å². The van der Waals surface area contributed by atoms with Crippen LogP contribution in [0.25, 0.3) is 0 Å². The summed E-state index contributed by atoms with van der Waals surface area (Å²) in [5.41, 5.74) is -2.12. The summed E-state index contributed by atoms with van der Waals surface area (Å²) < 4.78 is 24.2. The summed E-state index contributed by atoms with van der Waals surface area (Å²) >= 11 is 0. The third-order valence-corrected chi connectivity index (χ3v) is 11.8. The van der Waals surface area contributed by atoms with E-state index in [1.54, 1.807) is 0 Å². The van der Waals surface area contributed by atoms with Gasteiger partial charge in [-0.3, -0.25) is 0 Å². The molecule has 6 heteroatoms. The summed E-state index contributed by atoms with van der Waals surface area (Å²) in [6.45, 7) is 11.2. The average Bonchev–Trinajstić information content (AvgIpc) is 3.45. The van der Waals surface area contributed by atoms with Gasteiger partial charge >= 0.3 is 0 Å². The van der Waals surface area contributed by atoms with Gasteiger partial charge in [0.25, 0.3) is 0 Å². The second-order valence-electron chi connectivity index (χ2n) is 12.6. The smallest absolute Gasteiger partial charge is 0.195 e. The number of aliphatic hydroxyl groups is 2. The van der Waals surface area contributed by atoms with Crippen LogP contribution in [0.5, 0.6) is 0 Å². The Balaban J connectivity index is 1.33. The van der Waals surface area contributed by atoms with E-state index in [4.69, 9.17) is 18.9 Å². The van der Waals surface area contributed by atoms with E-state index < -0.39 is 22.8 Å². The first-order chi connectivity index (χ1) is 15.0. The molecule has 0 amide bonds. The van der Waals surface area contributed by atoms with E-state index in [1.165, 1.54) is 0 Å². The summed E-state index contributed by atoms with van der Waals surface area (Å²) in [6.07, 6.45) is 7.13. The highest BCUT2D eigenvalue weighted by molar-refractivity contribution is 5.21. The second-order valence-corrected chi connectivity index (χ2v) is 12.6. The van der Waals surface area contributed by atoms with Gasteiger partial charge in [-0.1, -0.05) is 20.8 Å². The average molecular weight is 451 g/mol. The Morgan fingerprint density at radius 2 is 1.31 bits per heavy atom. The molecule has 182 valence electrons. The predicted molar refractivity (Wildman–Crippen MR) is 118 cm³/mol. The summed E-state index contributed by atoms with van der Waals surface area (Å²) in [5, 5.41) is 24.4. The molecular formula is C26H42O6. The first kappa shape index (κ1) is 22.2. The molecule has 1 spiro atoms. The molecule has 6 rings (SSSR count). The van der Waals surface area contributed by atoms with Crippen LogP contribution in [0.15, 0.2) is 0 Å². The van der Waals surface area contributed by atoms with Crippen LogP contribution in [-0.2, 0) is 18.9 Å². The van der Waals surface area contributed by atoms with Crippen molar-refractivity contribution in [1.29, 1.82) is 0 Å². The predicted octanol–water partition coefficient (Wildman–Crippen LogP) is 3.63. The van der Waals surface area contributed by atoms with Gasteiger partial charge in [0.15, 0.2) is 11.6 Å². The Hall–Kier alpha value is -0.240. The Bertz CT molecular complexity index is 774. The van der Waals surface area contributed by atoms with Crippen LogP contribution in [0.2, 0.25) is 0 Å². The number of ether oxygens (including phenoxy) is 4. The van der Waals surface area contributed by atoms with Gasteiger partial charge in [-0.2, -0.15) is 0 Å². The zero-order valence-electron chi connectivity index (χ0n) is 20.3. The van der Waals surface area contributed by atoms with Gasteiger partial charge in [-0.15, -0.1) is 0 Å². The number of hydrogen-bond acceptors (Lipinski definition) is 6. The zero-order chi connectivity index (χ0) is 22.6. The maximum absolute atomic E-state index is 12.3. The summed E-state index contributed by atoms with van der Waals surface area (Å²) in [6, 6.07) is 0. The maximum atomic E-state index is 12.3. The van der Waals surface area contributed by atoms with E-state index in [0.717, 1.165) is 44.9 Å². The van der Waals surface area contributed by atoms with Crippen molar-refractivity contribution in [2.75, 3.05) is 26.4 Å². The molecule has 0 aromatic carbocycles. The van der Waals surface area contributed by atoms with Crippen LogP contribution in [-0.4, -0.2) is 59.4 Å². The summed E-state index contributed by atoms with van der Waals surface area (Å²) in [5.74, 6) is 0.0630. The normalized spacial score (nSPS) is 56.1. The number of rotatable bonds is 1. The molecule has 32 heavy (non-hydrogen) atoms. The molecule has 2 saturated heterocycles. The van der Waals surface area contributed by atoms with Crippen molar-refractivity contribution in [2.24, 2.45) is 34.5 Å². The van der Waals surface area contributed by atoms with E-state index in [9.17, 15) is 10.2 Å². The molecule has 2 aliphatic heterocycles. The van der Waals surface area contributed by atoms with E-state index in [1.807, 2.05) is 6.92 Å². The largest absolute Gasteiger partial charge is 0.389 e. The molecule has 0 aromatic rings. The lowest BCUT2D eigenvalue weighted by molar-refractivity contribution is -0.318. The second kappa shape index (κ2) is 6.70. The van der Waals surface area contributed by atoms with Gasteiger partial charge in [-0.25, -0.2) is 0 Å². The molecule has 2 N–H and O–H groups in total. The lowest BCUT2D eigenvalue weighted by Crippen LogP contribution is -2.69. The molecule has 0 bridgehead atoms. The molecule has 6 aliphatic rings. The van der Waals surface area contributed by atoms with Crippen molar-refractivity contribution in [3.63, 3.8) is 0 Å². The van der Waals surface area contributed by atoms with Gasteiger partial charge in [0.2, 0.25) is 0 Å². The molecule has 2 heterocycles. The van der Waals surface area contributed by atoms with Crippen LogP contribution < -0.4 is 0 Å². The molecule has 0 unspecified atom stereocenters. The molecule has 0 radical (unpaired) electrons. The minimum Gasteiger partial charge on any atom is -0.389 e. The quantitative estimate of drug-likeness (QED) is 0.635. The zero-order valence-corrected chi connectivity index (χ0v) is 20.3. The van der Waals surface area contributed by atoms with Gasteiger partial charge in [0, 0.05) is 23.7 Å². The van der Waals surface area contributed by atoms with Crippen molar-refractivity contribution in [1.82, 2.24) is 0 Å². The van der Waals surface area contributed by atoms with Crippen LogP contribution in [0.4, 0.5) is 0 Å². The molecule has 4 aliphatic carbocycles. The number of fused-ring (bicyclic) bond motifs is 5.